The van der Waals surface area contributed by atoms with Crippen molar-refractivity contribution in [1.82, 2.24) is 4.90 Å². The van der Waals surface area contributed by atoms with Gasteiger partial charge in [-0.05, 0) is 23.7 Å². The van der Waals surface area contributed by atoms with Crippen LogP contribution in [0.25, 0.3) is 0 Å². The van der Waals surface area contributed by atoms with E-state index in [4.69, 9.17) is 4.74 Å². The zero-order valence-corrected chi connectivity index (χ0v) is 16.4. The van der Waals surface area contributed by atoms with Crippen LogP contribution in [0.3, 0.4) is 0 Å². The number of carbonyl (C=O) groups excluding carboxylic acids is 2. The Balaban J connectivity index is 1.52. The molecule has 12 atom stereocenters. The lowest BCUT2D eigenvalue weighted by molar-refractivity contribution is -0.267. The fourth-order valence-corrected chi connectivity index (χ4v) is 10.8. The fraction of sp³-hybridized carbons (Fsp3) is 0.818. The third-order valence-electron chi connectivity index (χ3n) is 10.3. The number of esters is 1. The fourth-order valence-electron chi connectivity index (χ4n) is 10.8. The Hall–Kier alpha value is -1.24. The molecule has 1 unspecified atom stereocenters. The first kappa shape index (κ1) is 16.5. The summed E-state index contributed by atoms with van der Waals surface area (Å²) in [7, 11) is 0. The summed E-state index contributed by atoms with van der Waals surface area (Å²) in [6.07, 6.45) is 1.28. The normalized spacial score (nSPS) is 66.7. The largest absolute Gasteiger partial charge is 0.461 e. The molecule has 6 heteroatoms. The molecule has 0 aromatic heterocycles. The van der Waals surface area contributed by atoms with Gasteiger partial charge in [0.1, 0.15) is 17.6 Å². The van der Waals surface area contributed by atoms with Gasteiger partial charge in [-0.2, -0.15) is 0 Å². The average molecular weight is 385 g/mol. The molecule has 28 heavy (non-hydrogen) atoms. The van der Waals surface area contributed by atoms with E-state index < -0.39 is 23.3 Å². The number of ketones is 1. The Morgan fingerprint density at radius 3 is 2.79 bits per heavy atom. The van der Waals surface area contributed by atoms with Crippen molar-refractivity contribution < 1.29 is 24.5 Å². The first-order valence-electron chi connectivity index (χ1n) is 10.6. The highest BCUT2D eigenvalue weighted by Gasteiger charge is 2.94. The zero-order valence-electron chi connectivity index (χ0n) is 16.4. The second-order valence-electron chi connectivity index (χ2n) is 11.4. The van der Waals surface area contributed by atoms with Crippen LogP contribution in [0.15, 0.2) is 12.2 Å². The highest BCUT2D eigenvalue weighted by atomic mass is 16.5. The molecule has 2 spiro atoms. The topological polar surface area (TPSA) is 87.1 Å². The summed E-state index contributed by atoms with van der Waals surface area (Å²) in [5, 5.41) is 23.6. The van der Waals surface area contributed by atoms with Gasteiger partial charge >= 0.3 is 5.97 Å². The summed E-state index contributed by atoms with van der Waals surface area (Å²) in [5.74, 6) is -0.253. The molecule has 6 saturated carbocycles. The molecule has 9 rings (SSSR count). The van der Waals surface area contributed by atoms with Gasteiger partial charge in [-0.25, -0.2) is 0 Å². The van der Waals surface area contributed by atoms with Gasteiger partial charge in [0.15, 0.2) is 0 Å². The summed E-state index contributed by atoms with van der Waals surface area (Å²) < 4.78 is 5.87. The molecule has 3 aliphatic heterocycles. The second kappa shape index (κ2) is 4.14. The third kappa shape index (κ3) is 1.27. The Bertz CT molecular complexity index is 901. The number of hydrogen-bond acceptors (Lipinski definition) is 6. The van der Waals surface area contributed by atoms with E-state index in [0.717, 1.165) is 18.5 Å². The molecule has 3 heterocycles. The molecule has 9 bridgehead atoms. The molecule has 0 radical (unpaired) electrons. The molecular formula is C22H27NO5. The van der Waals surface area contributed by atoms with Gasteiger partial charge in [0.25, 0.3) is 0 Å². The quantitative estimate of drug-likeness (QED) is 0.514. The molecular weight excluding hydrogens is 358 g/mol. The van der Waals surface area contributed by atoms with E-state index in [2.05, 4.69) is 18.4 Å². The van der Waals surface area contributed by atoms with Crippen molar-refractivity contribution in [3.05, 3.63) is 12.2 Å². The third-order valence-corrected chi connectivity index (χ3v) is 10.3. The van der Waals surface area contributed by atoms with Crippen LogP contribution in [0.5, 0.6) is 0 Å². The van der Waals surface area contributed by atoms with E-state index in [1.54, 1.807) is 0 Å². The summed E-state index contributed by atoms with van der Waals surface area (Å²) in [6.45, 7) is 8.56. The summed E-state index contributed by atoms with van der Waals surface area (Å²) in [6, 6.07) is 0.00988. The molecule has 150 valence electrons. The molecule has 0 aromatic carbocycles. The summed E-state index contributed by atoms with van der Waals surface area (Å²) >= 11 is 0. The van der Waals surface area contributed by atoms with Gasteiger partial charge in [0.2, 0.25) is 0 Å². The van der Waals surface area contributed by atoms with Crippen LogP contribution in [0, 0.1) is 39.9 Å². The second-order valence-corrected chi connectivity index (χ2v) is 11.4. The van der Waals surface area contributed by atoms with Crippen LogP contribution in [0.2, 0.25) is 0 Å². The van der Waals surface area contributed by atoms with Crippen molar-refractivity contribution in [1.29, 1.82) is 0 Å². The molecule has 6 nitrogen and oxygen atoms in total. The standard InChI is InChI=1S/C22H27NO5/c1-9-4-20-7-22(27)18-19(3)5-11(25)6-21(18)16(20)14(26)12(9)15(28-10(2)24)13(20)17(21)23(22)8-19/h12-18,26-27H,1,4-8H2,2-3H3/t12-,13-,14+,15+,16-,17-,18-,19-,20+,21+,22-/m1/s1. The van der Waals surface area contributed by atoms with Crippen LogP contribution in [-0.4, -0.2) is 57.4 Å². The van der Waals surface area contributed by atoms with E-state index in [0.29, 0.717) is 19.3 Å². The number of hydrogen-bond donors (Lipinski definition) is 2. The Kier molecular flexibility index (Phi) is 2.45. The lowest BCUT2D eigenvalue weighted by atomic mass is 9.39. The first-order chi connectivity index (χ1) is 13.1. The van der Waals surface area contributed by atoms with Crippen LogP contribution in [0.4, 0.5) is 0 Å². The predicted octanol–water partition coefficient (Wildman–Crippen LogP) is 0.863. The minimum atomic E-state index is -0.905. The highest BCUT2D eigenvalue weighted by molar-refractivity contribution is 5.82. The van der Waals surface area contributed by atoms with Crippen LogP contribution in [0.1, 0.15) is 39.5 Å². The van der Waals surface area contributed by atoms with Crippen molar-refractivity contribution in [2.45, 2.75) is 63.5 Å². The predicted molar refractivity (Wildman–Crippen MR) is 96.6 cm³/mol. The van der Waals surface area contributed by atoms with Gasteiger partial charge in [-0.15, -0.1) is 0 Å². The van der Waals surface area contributed by atoms with Crippen LogP contribution < -0.4 is 0 Å². The van der Waals surface area contributed by atoms with Crippen molar-refractivity contribution in [2.24, 2.45) is 39.9 Å². The molecule has 3 saturated heterocycles. The number of fused-ring (bicyclic) bond motifs is 1. The number of Topliss-reactive ketones (excluding diaryl/α,β-unsaturated/α-hetero) is 1. The van der Waals surface area contributed by atoms with E-state index in [1.807, 2.05) is 0 Å². The van der Waals surface area contributed by atoms with E-state index >= 15 is 0 Å². The number of ether oxygens (including phenoxy) is 1. The first-order valence-corrected chi connectivity index (χ1v) is 10.6. The monoisotopic (exact) mass is 385 g/mol. The minimum Gasteiger partial charge on any atom is -0.461 e. The van der Waals surface area contributed by atoms with E-state index in [1.165, 1.54) is 6.92 Å². The van der Waals surface area contributed by atoms with Gasteiger partial charge < -0.3 is 14.9 Å². The maximum absolute atomic E-state index is 12.9. The number of aliphatic hydroxyl groups excluding tert-OH is 1. The van der Waals surface area contributed by atoms with E-state index in [-0.39, 0.29) is 52.3 Å². The number of carbonyl (C=O) groups is 2. The van der Waals surface area contributed by atoms with Crippen LogP contribution in [-0.2, 0) is 14.3 Å². The lowest BCUT2D eigenvalue weighted by Gasteiger charge is -2.67. The van der Waals surface area contributed by atoms with Gasteiger partial charge in [0, 0.05) is 61.4 Å². The molecule has 9 aliphatic rings. The van der Waals surface area contributed by atoms with Crippen LogP contribution >= 0.6 is 0 Å². The van der Waals surface area contributed by atoms with Crippen molar-refractivity contribution >= 4 is 11.8 Å². The minimum absolute atomic E-state index is 0.00988. The Morgan fingerprint density at radius 1 is 1.32 bits per heavy atom. The maximum Gasteiger partial charge on any atom is 0.302 e. The number of nitrogens with zero attached hydrogens (tertiary/aromatic N) is 1. The summed E-state index contributed by atoms with van der Waals surface area (Å²) in [4.78, 5) is 27.2. The van der Waals surface area contributed by atoms with Gasteiger partial charge in [-0.1, -0.05) is 19.1 Å². The summed E-state index contributed by atoms with van der Waals surface area (Å²) in [5.41, 5.74) is -0.904. The number of aliphatic hydroxyl groups is 2. The van der Waals surface area contributed by atoms with Crippen molar-refractivity contribution in [3.8, 4) is 0 Å². The Labute approximate surface area is 163 Å². The van der Waals surface area contributed by atoms with Gasteiger partial charge in [-0.3, -0.25) is 14.5 Å². The smallest absolute Gasteiger partial charge is 0.302 e. The number of rotatable bonds is 1. The molecule has 6 aliphatic carbocycles. The molecule has 9 fully saturated rings. The molecule has 2 N–H and O–H groups in total. The van der Waals surface area contributed by atoms with E-state index in [9.17, 15) is 19.8 Å². The Morgan fingerprint density at radius 2 is 2.07 bits per heavy atom. The molecule has 0 amide bonds. The maximum atomic E-state index is 12.9. The SMILES string of the molecule is C=C1C[C@@]23C[C@@]4(O)[C@@H]5[C@]6(C)CC(=O)C[C@@]57[C@@H]2[C@@H](O)[C@@H]1[C@H](OC(C)=O)[C@@H]3[C@H]7N4C6. The molecule has 0 aromatic rings. The van der Waals surface area contributed by atoms with Crippen molar-refractivity contribution in [3.63, 3.8) is 0 Å². The lowest BCUT2D eigenvalue weighted by Crippen LogP contribution is -2.71. The van der Waals surface area contributed by atoms with Gasteiger partial charge in [0.05, 0.1) is 6.10 Å². The average Bonchev–Trinajstić information content (AvgIpc) is 2.89. The number of piperidine rings is 2. The highest BCUT2D eigenvalue weighted by Crippen LogP contribution is 2.88. The zero-order chi connectivity index (χ0) is 19.6. The van der Waals surface area contributed by atoms with Crippen molar-refractivity contribution in [2.75, 3.05) is 6.54 Å².